The average molecular weight is 364 g/mol. The summed E-state index contributed by atoms with van der Waals surface area (Å²) in [6.45, 7) is 4.19. The Morgan fingerprint density at radius 2 is 2.04 bits per heavy atom. The summed E-state index contributed by atoms with van der Waals surface area (Å²) in [6, 6.07) is 10.2. The lowest BCUT2D eigenvalue weighted by atomic mass is 9.57. The van der Waals surface area contributed by atoms with E-state index in [0.717, 1.165) is 18.5 Å². The SMILES string of the molecule is CC1(C)[C@H](Cc2cc(CCO)on2)C[C@@H]1NS(=O)(=O)c1ccccc1. The summed E-state index contributed by atoms with van der Waals surface area (Å²) in [5.74, 6) is 0.999. The molecule has 1 aliphatic rings. The standard InChI is InChI=1S/C18H24N2O4S/c1-18(2)13(10-14-12-15(8-9-21)24-19-14)11-17(18)20-25(22,23)16-6-4-3-5-7-16/h3-7,12-13,17,20-21H,8-11H2,1-2H3/t13-,17+/m1/s1. The predicted molar refractivity (Wildman–Crippen MR) is 93.4 cm³/mol. The summed E-state index contributed by atoms with van der Waals surface area (Å²) in [5.41, 5.74) is 0.684. The quantitative estimate of drug-likeness (QED) is 0.785. The molecule has 0 amide bonds. The van der Waals surface area contributed by atoms with E-state index < -0.39 is 10.0 Å². The topological polar surface area (TPSA) is 92.4 Å². The van der Waals surface area contributed by atoms with Crippen LogP contribution >= 0.6 is 0 Å². The van der Waals surface area contributed by atoms with Crippen LogP contribution in [-0.4, -0.2) is 31.3 Å². The Balaban J connectivity index is 1.63. The monoisotopic (exact) mass is 364 g/mol. The van der Waals surface area contributed by atoms with Crippen LogP contribution in [0.15, 0.2) is 45.8 Å². The van der Waals surface area contributed by atoms with Gasteiger partial charge in [-0.3, -0.25) is 0 Å². The van der Waals surface area contributed by atoms with Gasteiger partial charge in [0.1, 0.15) is 5.76 Å². The molecule has 2 aromatic rings. The number of hydrogen-bond donors (Lipinski definition) is 2. The third kappa shape index (κ3) is 3.78. The largest absolute Gasteiger partial charge is 0.396 e. The molecule has 1 aromatic carbocycles. The Labute approximate surface area is 148 Å². The van der Waals surface area contributed by atoms with E-state index in [0.29, 0.717) is 23.0 Å². The number of sulfonamides is 1. The van der Waals surface area contributed by atoms with Crippen molar-refractivity contribution in [2.24, 2.45) is 11.3 Å². The van der Waals surface area contributed by atoms with Gasteiger partial charge < -0.3 is 9.63 Å². The van der Waals surface area contributed by atoms with Gasteiger partial charge in [0.05, 0.1) is 17.2 Å². The summed E-state index contributed by atoms with van der Waals surface area (Å²) in [6.07, 6.45) is 1.97. The van der Waals surface area contributed by atoms with E-state index in [4.69, 9.17) is 9.63 Å². The summed E-state index contributed by atoms with van der Waals surface area (Å²) in [4.78, 5) is 0.291. The molecule has 1 saturated carbocycles. The number of nitrogens with zero attached hydrogens (tertiary/aromatic N) is 1. The maximum atomic E-state index is 12.5. The van der Waals surface area contributed by atoms with Crippen molar-refractivity contribution in [2.45, 2.75) is 44.0 Å². The molecule has 136 valence electrons. The molecule has 2 N–H and O–H groups in total. The Morgan fingerprint density at radius 1 is 1.32 bits per heavy atom. The second kappa shape index (κ2) is 6.90. The van der Waals surface area contributed by atoms with Crippen LogP contribution in [0.4, 0.5) is 0 Å². The van der Waals surface area contributed by atoms with Crippen LogP contribution in [-0.2, 0) is 22.9 Å². The van der Waals surface area contributed by atoms with Gasteiger partial charge in [-0.25, -0.2) is 13.1 Å². The van der Waals surface area contributed by atoms with E-state index in [-0.39, 0.29) is 18.1 Å². The minimum Gasteiger partial charge on any atom is -0.396 e. The van der Waals surface area contributed by atoms with Crippen molar-refractivity contribution in [1.29, 1.82) is 0 Å². The lowest BCUT2D eigenvalue weighted by Crippen LogP contribution is -2.58. The summed E-state index contributed by atoms with van der Waals surface area (Å²) < 4.78 is 33.0. The minimum absolute atomic E-state index is 0.0346. The summed E-state index contributed by atoms with van der Waals surface area (Å²) >= 11 is 0. The van der Waals surface area contributed by atoms with Crippen LogP contribution < -0.4 is 4.72 Å². The first kappa shape index (κ1) is 18.1. The summed E-state index contributed by atoms with van der Waals surface area (Å²) in [5, 5.41) is 13.0. The zero-order valence-corrected chi connectivity index (χ0v) is 15.3. The normalized spacial score (nSPS) is 22.5. The van der Waals surface area contributed by atoms with Gasteiger partial charge in [0.15, 0.2) is 0 Å². The van der Waals surface area contributed by atoms with Gasteiger partial charge in [0, 0.05) is 18.5 Å². The van der Waals surface area contributed by atoms with E-state index in [1.165, 1.54) is 0 Å². The molecule has 0 aliphatic heterocycles. The van der Waals surface area contributed by atoms with Gasteiger partial charge in [-0.05, 0) is 36.3 Å². The fourth-order valence-electron chi connectivity index (χ4n) is 3.35. The first-order valence-corrected chi connectivity index (χ1v) is 9.94. The Morgan fingerprint density at radius 3 is 2.68 bits per heavy atom. The van der Waals surface area contributed by atoms with E-state index >= 15 is 0 Å². The van der Waals surface area contributed by atoms with E-state index in [1.54, 1.807) is 30.3 Å². The molecule has 1 aliphatic carbocycles. The molecular weight excluding hydrogens is 340 g/mol. The van der Waals surface area contributed by atoms with Crippen molar-refractivity contribution in [3.05, 3.63) is 47.9 Å². The molecule has 2 atom stereocenters. The van der Waals surface area contributed by atoms with Crippen molar-refractivity contribution in [1.82, 2.24) is 9.88 Å². The molecule has 0 spiro atoms. The van der Waals surface area contributed by atoms with E-state index in [2.05, 4.69) is 23.7 Å². The van der Waals surface area contributed by atoms with Gasteiger partial charge in [0.2, 0.25) is 10.0 Å². The lowest BCUT2D eigenvalue weighted by Gasteiger charge is -2.52. The molecule has 0 radical (unpaired) electrons. The van der Waals surface area contributed by atoms with Crippen LogP contribution in [0.25, 0.3) is 0 Å². The third-order valence-corrected chi connectivity index (χ3v) is 6.73. The number of aliphatic hydroxyl groups excluding tert-OH is 1. The lowest BCUT2D eigenvalue weighted by molar-refractivity contribution is 0.0270. The Hall–Kier alpha value is -1.70. The number of aliphatic hydroxyl groups is 1. The van der Waals surface area contributed by atoms with Crippen LogP contribution in [0.1, 0.15) is 31.7 Å². The molecule has 0 unspecified atom stereocenters. The zero-order chi connectivity index (χ0) is 18.1. The van der Waals surface area contributed by atoms with E-state index in [1.807, 2.05) is 6.07 Å². The Kier molecular flexibility index (Phi) is 4.99. The Bertz CT molecular complexity index is 815. The van der Waals surface area contributed by atoms with E-state index in [9.17, 15) is 8.42 Å². The van der Waals surface area contributed by atoms with Crippen LogP contribution in [0.3, 0.4) is 0 Å². The number of aromatic nitrogens is 1. The second-order valence-corrected chi connectivity index (χ2v) is 8.92. The van der Waals surface area contributed by atoms with Gasteiger partial charge in [-0.1, -0.05) is 37.2 Å². The van der Waals surface area contributed by atoms with Crippen LogP contribution in [0, 0.1) is 11.3 Å². The van der Waals surface area contributed by atoms with Crippen molar-refractivity contribution in [3.8, 4) is 0 Å². The van der Waals surface area contributed by atoms with Crippen molar-refractivity contribution in [3.63, 3.8) is 0 Å². The smallest absolute Gasteiger partial charge is 0.240 e. The molecular formula is C18H24N2O4S. The molecule has 25 heavy (non-hydrogen) atoms. The fraction of sp³-hybridized carbons (Fsp3) is 0.500. The number of nitrogens with one attached hydrogen (secondary N) is 1. The average Bonchev–Trinajstić information content (AvgIpc) is 3.02. The highest BCUT2D eigenvalue weighted by Gasteiger charge is 2.49. The molecule has 0 saturated heterocycles. The van der Waals surface area contributed by atoms with Gasteiger partial charge >= 0.3 is 0 Å². The number of benzene rings is 1. The molecule has 6 nitrogen and oxygen atoms in total. The third-order valence-electron chi connectivity index (χ3n) is 5.24. The van der Waals surface area contributed by atoms with Gasteiger partial charge in [0.25, 0.3) is 0 Å². The van der Waals surface area contributed by atoms with Crippen molar-refractivity contribution >= 4 is 10.0 Å². The molecule has 1 fully saturated rings. The predicted octanol–water partition coefficient (Wildman–Crippen LogP) is 2.15. The highest BCUT2D eigenvalue weighted by molar-refractivity contribution is 7.89. The zero-order valence-electron chi connectivity index (χ0n) is 14.5. The number of rotatable bonds is 7. The van der Waals surface area contributed by atoms with Gasteiger partial charge in [-0.15, -0.1) is 0 Å². The van der Waals surface area contributed by atoms with Gasteiger partial charge in [-0.2, -0.15) is 0 Å². The minimum atomic E-state index is -3.50. The van der Waals surface area contributed by atoms with Crippen molar-refractivity contribution in [2.75, 3.05) is 6.61 Å². The fourth-order valence-corrected chi connectivity index (χ4v) is 4.78. The van der Waals surface area contributed by atoms with Crippen LogP contribution in [0.5, 0.6) is 0 Å². The van der Waals surface area contributed by atoms with Crippen LogP contribution in [0.2, 0.25) is 0 Å². The first-order chi connectivity index (χ1) is 11.8. The molecule has 7 heteroatoms. The molecule has 1 heterocycles. The molecule has 0 bridgehead atoms. The maximum absolute atomic E-state index is 12.5. The highest BCUT2D eigenvalue weighted by Crippen LogP contribution is 2.48. The summed E-state index contributed by atoms with van der Waals surface area (Å²) in [7, 11) is -3.50. The molecule has 3 rings (SSSR count). The number of hydrogen-bond acceptors (Lipinski definition) is 5. The maximum Gasteiger partial charge on any atom is 0.240 e. The first-order valence-electron chi connectivity index (χ1n) is 8.45. The highest BCUT2D eigenvalue weighted by atomic mass is 32.2. The molecule has 1 aromatic heterocycles. The van der Waals surface area contributed by atoms with Crippen molar-refractivity contribution < 1.29 is 18.0 Å². The second-order valence-electron chi connectivity index (χ2n) is 7.20.